The summed E-state index contributed by atoms with van der Waals surface area (Å²) < 4.78 is 6.60. The Balaban J connectivity index is 1.23. The van der Waals surface area contributed by atoms with Gasteiger partial charge in [0.05, 0.1) is 0 Å². The van der Waals surface area contributed by atoms with Crippen molar-refractivity contribution in [2.24, 2.45) is 5.92 Å². The largest absolute Gasteiger partial charge is 0.484 e. The lowest BCUT2D eigenvalue weighted by Gasteiger charge is -2.34. The van der Waals surface area contributed by atoms with Crippen LogP contribution in [0.5, 0.6) is 5.75 Å². The van der Waals surface area contributed by atoms with Crippen LogP contribution >= 0.6 is 28.1 Å². The van der Waals surface area contributed by atoms with Crippen LogP contribution in [0.2, 0.25) is 0 Å². The van der Waals surface area contributed by atoms with E-state index in [1.165, 1.54) is 5.56 Å². The second-order valence-electron chi connectivity index (χ2n) is 8.29. The van der Waals surface area contributed by atoms with Crippen molar-refractivity contribution >= 4 is 44.7 Å². The smallest absolute Gasteiger partial charge is 0.262 e. The number of hydrogen-bond donors (Lipinski definition) is 1. The van der Waals surface area contributed by atoms with Gasteiger partial charge in [-0.25, -0.2) is 0 Å². The third-order valence-corrected chi connectivity index (χ3v) is 6.89. The molecule has 0 radical (unpaired) electrons. The van der Waals surface area contributed by atoms with Gasteiger partial charge in [0.25, 0.3) is 5.91 Å². The van der Waals surface area contributed by atoms with Crippen molar-refractivity contribution in [2.45, 2.75) is 19.3 Å². The molecule has 6 heteroatoms. The third-order valence-electron chi connectivity index (χ3n) is 5.87. The first-order chi connectivity index (χ1) is 16.1. The lowest BCUT2D eigenvalue weighted by atomic mass is 9.90. The Morgan fingerprint density at radius 3 is 2.30 bits per heavy atom. The number of amides is 1. The molecule has 3 aromatic rings. The van der Waals surface area contributed by atoms with Crippen molar-refractivity contribution in [1.82, 2.24) is 4.90 Å². The fourth-order valence-corrected chi connectivity index (χ4v) is 4.63. The first kappa shape index (κ1) is 23.5. The van der Waals surface area contributed by atoms with E-state index in [-0.39, 0.29) is 12.5 Å². The van der Waals surface area contributed by atoms with Crippen molar-refractivity contribution in [1.29, 1.82) is 0 Å². The zero-order valence-corrected chi connectivity index (χ0v) is 20.8. The molecule has 0 atom stereocenters. The average Bonchev–Trinajstić information content (AvgIpc) is 2.85. The van der Waals surface area contributed by atoms with Crippen LogP contribution in [0.4, 0.5) is 5.69 Å². The van der Waals surface area contributed by atoms with Gasteiger partial charge in [0.1, 0.15) is 10.7 Å². The molecule has 1 aliphatic rings. The maximum Gasteiger partial charge on any atom is 0.262 e. The van der Waals surface area contributed by atoms with Crippen LogP contribution in [-0.2, 0) is 11.2 Å². The predicted molar refractivity (Wildman–Crippen MR) is 141 cm³/mol. The topological polar surface area (TPSA) is 41.6 Å². The van der Waals surface area contributed by atoms with Gasteiger partial charge in [0.15, 0.2) is 6.61 Å². The maximum absolute atomic E-state index is 12.1. The van der Waals surface area contributed by atoms with Gasteiger partial charge in [-0.3, -0.25) is 4.79 Å². The minimum Gasteiger partial charge on any atom is -0.484 e. The summed E-state index contributed by atoms with van der Waals surface area (Å²) in [6.07, 6.45) is 3.45. The van der Waals surface area contributed by atoms with Crippen LogP contribution in [0, 0.1) is 5.92 Å². The van der Waals surface area contributed by atoms with Gasteiger partial charge in [0.2, 0.25) is 0 Å². The van der Waals surface area contributed by atoms with Crippen molar-refractivity contribution in [2.75, 3.05) is 25.0 Å². The highest BCUT2D eigenvalue weighted by molar-refractivity contribution is 9.10. The molecule has 0 unspecified atom stereocenters. The zero-order chi connectivity index (χ0) is 23.0. The first-order valence-electron chi connectivity index (χ1n) is 11.2. The highest BCUT2D eigenvalue weighted by atomic mass is 79.9. The number of likely N-dealkylation sites (tertiary alicyclic amines) is 1. The normalized spacial score (nSPS) is 14.0. The van der Waals surface area contributed by atoms with Crippen molar-refractivity contribution in [3.05, 3.63) is 94.5 Å². The lowest BCUT2D eigenvalue weighted by Crippen LogP contribution is -2.38. The van der Waals surface area contributed by atoms with E-state index in [0.717, 1.165) is 53.1 Å². The Hall–Kier alpha value is -2.70. The summed E-state index contributed by atoms with van der Waals surface area (Å²) in [5.41, 5.74) is 3.16. The molecule has 0 aliphatic carbocycles. The number of nitrogens with one attached hydrogen (secondary N) is 1. The molecule has 0 saturated carbocycles. The van der Waals surface area contributed by atoms with Gasteiger partial charge >= 0.3 is 0 Å². The Bertz CT molecular complexity index is 1060. The molecule has 1 fully saturated rings. The number of rotatable bonds is 7. The van der Waals surface area contributed by atoms with Crippen molar-refractivity contribution in [3.63, 3.8) is 0 Å². The van der Waals surface area contributed by atoms with Crippen LogP contribution in [-0.4, -0.2) is 35.5 Å². The van der Waals surface area contributed by atoms with Crippen molar-refractivity contribution in [3.8, 4) is 5.75 Å². The minimum absolute atomic E-state index is 0.0468. The molecule has 1 heterocycles. The highest BCUT2D eigenvalue weighted by Crippen LogP contribution is 2.24. The molecule has 4 rings (SSSR count). The Labute approximate surface area is 209 Å². The summed E-state index contributed by atoms with van der Waals surface area (Å²) >= 11 is 9.14. The standard InChI is InChI=1S/C27H27BrN2O2S/c28-23-8-10-24(11-9-23)29-26(31)19-32-25-12-6-22(7-13-25)27(33)30-16-14-21(15-17-30)18-20-4-2-1-3-5-20/h1-13,21H,14-19H2,(H,29,31). The molecule has 1 saturated heterocycles. The molecule has 170 valence electrons. The number of carbonyl (C=O) groups is 1. The SMILES string of the molecule is O=C(COc1ccc(C(=S)N2CCC(Cc3ccccc3)CC2)cc1)Nc1ccc(Br)cc1. The van der Waals surface area contributed by atoms with E-state index >= 15 is 0 Å². The summed E-state index contributed by atoms with van der Waals surface area (Å²) in [7, 11) is 0. The predicted octanol–water partition coefficient (Wildman–Crippen LogP) is 6.10. The van der Waals surface area contributed by atoms with E-state index in [0.29, 0.717) is 11.7 Å². The molecule has 0 spiro atoms. The summed E-state index contributed by atoms with van der Waals surface area (Å²) in [4.78, 5) is 15.3. The van der Waals surface area contributed by atoms with Gasteiger partial charge in [0, 0.05) is 28.8 Å². The van der Waals surface area contributed by atoms with E-state index in [1.54, 1.807) is 0 Å². The summed E-state index contributed by atoms with van der Waals surface area (Å²) in [6.45, 7) is 1.93. The Morgan fingerprint density at radius 2 is 1.64 bits per heavy atom. The monoisotopic (exact) mass is 522 g/mol. The van der Waals surface area contributed by atoms with Crippen LogP contribution < -0.4 is 10.1 Å². The van der Waals surface area contributed by atoms with Gasteiger partial charge in [-0.2, -0.15) is 0 Å². The number of nitrogens with zero attached hydrogens (tertiary/aromatic N) is 1. The first-order valence-corrected chi connectivity index (χ1v) is 12.4. The fraction of sp³-hybridized carbons (Fsp3) is 0.259. The number of hydrogen-bond acceptors (Lipinski definition) is 3. The molecular weight excluding hydrogens is 496 g/mol. The average molecular weight is 523 g/mol. The van der Waals surface area contributed by atoms with Gasteiger partial charge in [-0.05, 0) is 79.3 Å². The van der Waals surface area contributed by atoms with Gasteiger partial charge in [-0.1, -0.05) is 58.5 Å². The Kier molecular flexibility index (Phi) is 8.13. The van der Waals surface area contributed by atoms with E-state index < -0.39 is 0 Å². The van der Waals surface area contributed by atoms with E-state index in [9.17, 15) is 4.79 Å². The quantitative estimate of drug-likeness (QED) is 0.380. The summed E-state index contributed by atoms with van der Waals surface area (Å²) in [6, 6.07) is 25.8. The van der Waals surface area contributed by atoms with E-state index in [2.05, 4.69) is 56.5 Å². The number of benzene rings is 3. The van der Waals surface area contributed by atoms with Gasteiger partial charge in [-0.15, -0.1) is 0 Å². The molecule has 1 amide bonds. The maximum atomic E-state index is 12.1. The molecule has 33 heavy (non-hydrogen) atoms. The van der Waals surface area contributed by atoms with Crippen LogP contribution in [0.1, 0.15) is 24.0 Å². The number of thiocarbonyl (C=S) groups is 1. The van der Waals surface area contributed by atoms with E-state index in [1.807, 2.05) is 48.5 Å². The number of ether oxygens (including phenoxy) is 1. The highest BCUT2D eigenvalue weighted by Gasteiger charge is 2.21. The lowest BCUT2D eigenvalue weighted by molar-refractivity contribution is -0.118. The number of anilines is 1. The molecule has 0 bridgehead atoms. The summed E-state index contributed by atoms with van der Waals surface area (Å²) in [5, 5.41) is 2.82. The molecule has 0 aromatic heterocycles. The van der Waals surface area contributed by atoms with Crippen LogP contribution in [0.15, 0.2) is 83.3 Å². The second kappa shape index (κ2) is 11.4. The fourth-order valence-electron chi connectivity index (χ4n) is 4.04. The molecular formula is C27H27BrN2O2S. The van der Waals surface area contributed by atoms with Crippen LogP contribution in [0.3, 0.4) is 0 Å². The number of piperidine rings is 1. The molecule has 3 aromatic carbocycles. The molecule has 4 nitrogen and oxygen atoms in total. The van der Waals surface area contributed by atoms with Gasteiger partial charge < -0.3 is 15.0 Å². The number of halogens is 1. The summed E-state index contributed by atoms with van der Waals surface area (Å²) in [5.74, 6) is 1.16. The van der Waals surface area contributed by atoms with Crippen LogP contribution in [0.25, 0.3) is 0 Å². The minimum atomic E-state index is -0.199. The molecule has 1 aliphatic heterocycles. The van der Waals surface area contributed by atoms with E-state index in [4.69, 9.17) is 17.0 Å². The zero-order valence-electron chi connectivity index (χ0n) is 18.4. The Morgan fingerprint density at radius 1 is 0.970 bits per heavy atom. The number of carbonyl (C=O) groups excluding carboxylic acids is 1. The second-order valence-corrected chi connectivity index (χ2v) is 9.60. The molecule has 1 N–H and O–H groups in total. The van der Waals surface area contributed by atoms with Crippen molar-refractivity contribution < 1.29 is 9.53 Å². The third kappa shape index (κ3) is 6.89.